The quantitative estimate of drug-likeness (QED) is 0.843. The van der Waals surface area contributed by atoms with Crippen molar-refractivity contribution in [3.63, 3.8) is 0 Å². The molecule has 102 valence electrons. The van der Waals surface area contributed by atoms with E-state index in [-0.39, 0.29) is 12.0 Å². The molecule has 1 saturated heterocycles. The van der Waals surface area contributed by atoms with E-state index in [0.717, 1.165) is 37.3 Å². The van der Waals surface area contributed by atoms with Gasteiger partial charge in [-0.1, -0.05) is 6.07 Å². The Hall–Kier alpha value is -1.59. The number of carbonyl (C=O) groups excluding carboxylic acids is 1. The molecule has 0 radical (unpaired) electrons. The molecule has 2 aliphatic heterocycles. The van der Waals surface area contributed by atoms with Crippen LogP contribution in [0.5, 0.6) is 0 Å². The van der Waals surface area contributed by atoms with Crippen LogP contribution in [-0.2, 0) is 9.53 Å². The van der Waals surface area contributed by atoms with Gasteiger partial charge in [-0.05, 0) is 25.0 Å². The summed E-state index contributed by atoms with van der Waals surface area (Å²) in [7, 11) is 1.74. The average molecular weight is 262 g/mol. The molecule has 2 unspecified atom stereocenters. The standard InChI is InChI=1S/C14H18N2O3/c1-19-10-3-2-6-16(8-10)9-4-5-11-12(7-9)15-14(18)13(11)17/h4-5,7,10,13,17H,2-3,6,8H2,1H3,(H,15,18). The molecule has 0 bridgehead atoms. The van der Waals surface area contributed by atoms with Gasteiger partial charge in [-0.2, -0.15) is 0 Å². The number of methoxy groups -OCH3 is 1. The molecule has 1 aromatic rings. The van der Waals surface area contributed by atoms with E-state index in [1.54, 1.807) is 7.11 Å². The third kappa shape index (κ3) is 2.19. The molecule has 0 saturated carbocycles. The van der Waals surface area contributed by atoms with Crippen LogP contribution < -0.4 is 10.2 Å². The normalized spacial score (nSPS) is 26.2. The number of rotatable bonds is 2. The van der Waals surface area contributed by atoms with Gasteiger partial charge >= 0.3 is 0 Å². The van der Waals surface area contributed by atoms with Gasteiger partial charge in [0.05, 0.1) is 6.10 Å². The van der Waals surface area contributed by atoms with Crippen LogP contribution in [0.15, 0.2) is 18.2 Å². The first-order valence-electron chi connectivity index (χ1n) is 6.59. The summed E-state index contributed by atoms with van der Waals surface area (Å²) in [5.41, 5.74) is 2.44. The van der Waals surface area contributed by atoms with E-state index in [0.29, 0.717) is 5.56 Å². The summed E-state index contributed by atoms with van der Waals surface area (Å²) in [6.07, 6.45) is 1.43. The molecule has 5 heteroatoms. The molecule has 2 atom stereocenters. The minimum atomic E-state index is -1.03. The molecule has 1 amide bonds. The number of nitrogens with one attached hydrogen (secondary N) is 1. The second-order valence-corrected chi connectivity index (χ2v) is 5.11. The summed E-state index contributed by atoms with van der Waals surface area (Å²) in [5, 5.41) is 12.4. The van der Waals surface area contributed by atoms with Gasteiger partial charge < -0.3 is 20.1 Å². The van der Waals surface area contributed by atoms with Crippen LogP contribution in [0.3, 0.4) is 0 Å². The fourth-order valence-corrected chi connectivity index (χ4v) is 2.80. The topological polar surface area (TPSA) is 61.8 Å². The first-order chi connectivity index (χ1) is 9.19. The molecule has 19 heavy (non-hydrogen) atoms. The number of piperidine rings is 1. The fourth-order valence-electron chi connectivity index (χ4n) is 2.80. The smallest absolute Gasteiger partial charge is 0.257 e. The number of anilines is 2. The van der Waals surface area contributed by atoms with E-state index in [4.69, 9.17) is 4.74 Å². The summed E-state index contributed by atoms with van der Waals surface area (Å²) in [5.74, 6) is -0.347. The van der Waals surface area contributed by atoms with Crippen molar-refractivity contribution in [2.24, 2.45) is 0 Å². The van der Waals surface area contributed by atoms with Gasteiger partial charge in [0.15, 0.2) is 6.10 Å². The predicted octanol–water partition coefficient (Wildman–Crippen LogP) is 1.29. The Balaban J connectivity index is 1.83. The van der Waals surface area contributed by atoms with Crippen molar-refractivity contribution in [1.82, 2.24) is 0 Å². The van der Waals surface area contributed by atoms with Crippen molar-refractivity contribution in [2.75, 3.05) is 30.4 Å². The van der Waals surface area contributed by atoms with Gasteiger partial charge in [-0.3, -0.25) is 4.79 Å². The minimum Gasteiger partial charge on any atom is -0.380 e. The molecule has 5 nitrogen and oxygen atoms in total. The highest BCUT2D eigenvalue weighted by Gasteiger charge is 2.29. The number of fused-ring (bicyclic) bond motifs is 1. The molecule has 2 heterocycles. The van der Waals surface area contributed by atoms with Crippen LogP contribution in [0.1, 0.15) is 24.5 Å². The Kier molecular flexibility index (Phi) is 3.16. The summed E-state index contributed by atoms with van der Waals surface area (Å²) in [6, 6.07) is 5.71. The van der Waals surface area contributed by atoms with Crippen molar-refractivity contribution in [1.29, 1.82) is 0 Å². The molecule has 0 aliphatic carbocycles. The van der Waals surface area contributed by atoms with Gasteiger partial charge in [-0.15, -0.1) is 0 Å². The Bertz CT molecular complexity index is 503. The fraction of sp³-hybridized carbons (Fsp3) is 0.500. The van der Waals surface area contributed by atoms with Gasteiger partial charge in [0.2, 0.25) is 0 Å². The number of hydrogen-bond donors (Lipinski definition) is 2. The van der Waals surface area contributed by atoms with E-state index in [2.05, 4.69) is 10.2 Å². The summed E-state index contributed by atoms with van der Waals surface area (Å²) >= 11 is 0. The maximum Gasteiger partial charge on any atom is 0.257 e. The zero-order valence-corrected chi connectivity index (χ0v) is 10.9. The van der Waals surface area contributed by atoms with Gasteiger partial charge in [-0.25, -0.2) is 0 Å². The number of nitrogens with zero attached hydrogens (tertiary/aromatic N) is 1. The monoisotopic (exact) mass is 262 g/mol. The largest absolute Gasteiger partial charge is 0.380 e. The number of amides is 1. The van der Waals surface area contributed by atoms with E-state index in [9.17, 15) is 9.90 Å². The molecule has 3 rings (SSSR count). The molecule has 0 spiro atoms. The highest BCUT2D eigenvalue weighted by molar-refractivity contribution is 6.02. The maximum absolute atomic E-state index is 11.4. The molecule has 0 aromatic heterocycles. The lowest BCUT2D eigenvalue weighted by atomic mass is 10.1. The van der Waals surface area contributed by atoms with Gasteiger partial charge in [0, 0.05) is 37.1 Å². The first kappa shape index (κ1) is 12.4. The van der Waals surface area contributed by atoms with E-state index in [1.807, 2.05) is 18.2 Å². The predicted molar refractivity (Wildman–Crippen MR) is 72.3 cm³/mol. The van der Waals surface area contributed by atoms with E-state index in [1.165, 1.54) is 0 Å². The van der Waals surface area contributed by atoms with Crippen LogP contribution in [0.2, 0.25) is 0 Å². The highest BCUT2D eigenvalue weighted by atomic mass is 16.5. The Morgan fingerprint density at radius 3 is 3.11 bits per heavy atom. The van der Waals surface area contributed by atoms with Crippen molar-refractivity contribution < 1.29 is 14.6 Å². The van der Waals surface area contributed by atoms with Crippen LogP contribution in [0.4, 0.5) is 11.4 Å². The molecular formula is C14H18N2O3. The van der Waals surface area contributed by atoms with Crippen molar-refractivity contribution in [3.05, 3.63) is 23.8 Å². The number of hydrogen-bond acceptors (Lipinski definition) is 4. The number of aliphatic hydroxyl groups is 1. The Labute approximate surface area is 112 Å². The van der Waals surface area contributed by atoms with Gasteiger partial charge in [0.25, 0.3) is 5.91 Å². The second-order valence-electron chi connectivity index (χ2n) is 5.11. The van der Waals surface area contributed by atoms with Crippen molar-refractivity contribution in [3.8, 4) is 0 Å². The molecular weight excluding hydrogens is 244 g/mol. The highest BCUT2D eigenvalue weighted by Crippen LogP contribution is 2.34. The summed E-state index contributed by atoms with van der Waals surface area (Å²) in [4.78, 5) is 13.7. The summed E-state index contributed by atoms with van der Waals surface area (Å²) in [6.45, 7) is 1.86. The van der Waals surface area contributed by atoms with Crippen LogP contribution >= 0.6 is 0 Å². The van der Waals surface area contributed by atoms with E-state index >= 15 is 0 Å². The minimum absolute atomic E-state index is 0.266. The average Bonchev–Trinajstić information content (AvgIpc) is 2.73. The van der Waals surface area contributed by atoms with E-state index < -0.39 is 6.10 Å². The number of ether oxygens (including phenoxy) is 1. The van der Waals surface area contributed by atoms with Crippen LogP contribution in [-0.4, -0.2) is 37.3 Å². The lowest BCUT2D eigenvalue weighted by molar-refractivity contribution is -0.123. The maximum atomic E-state index is 11.4. The zero-order valence-electron chi connectivity index (χ0n) is 10.9. The third-order valence-electron chi connectivity index (χ3n) is 3.91. The molecule has 2 N–H and O–H groups in total. The lowest BCUT2D eigenvalue weighted by Crippen LogP contribution is -2.39. The molecule has 2 aliphatic rings. The number of aliphatic hydroxyl groups excluding tert-OH is 1. The molecule has 1 fully saturated rings. The first-order valence-corrected chi connectivity index (χ1v) is 6.59. The number of carbonyl (C=O) groups is 1. The third-order valence-corrected chi connectivity index (χ3v) is 3.91. The lowest BCUT2D eigenvalue weighted by Gasteiger charge is -2.33. The Morgan fingerprint density at radius 1 is 1.47 bits per heavy atom. The summed E-state index contributed by atoms with van der Waals surface area (Å²) < 4.78 is 5.42. The molecule has 1 aromatic carbocycles. The van der Waals surface area contributed by atoms with Crippen molar-refractivity contribution in [2.45, 2.75) is 25.0 Å². The SMILES string of the molecule is COC1CCCN(c2ccc3c(c2)NC(=O)C3O)C1. The number of benzene rings is 1. The van der Waals surface area contributed by atoms with Crippen LogP contribution in [0, 0.1) is 0 Å². The Morgan fingerprint density at radius 2 is 2.32 bits per heavy atom. The zero-order chi connectivity index (χ0) is 13.4. The second kappa shape index (κ2) is 4.83. The van der Waals surface area contributed by atoms with Crippen LogP contribution in [0.25, 0.3) is 0 Å². The van der Waals surface area contributed by atoms with Gasteiger partial charge in [0.1, 0.15) is 0 Å². The van der Waals surface area contributed by atoms with Crippen molar-refractivity contribution >= 4 is 17.3 Å².